The highest BCUT2D eigenvalue weighted by atomic mass is 35.5. The molecule has 2 aromatic carbocycles. The van der Waals surface area contributed by atoms with Gasteiger partial charge in [0.2, 0.25) is 17.6 Å². The molecule has 5 nitrogen and oxygen atoms in total. The third-order valence-corrected chi connectivity index (χ3v) is 4.16. The number of amides is 1. The van der Waals surface area contributed by atoms with E-state index in [0.29, 0.717) is 28.7 Å². The molecule has 0 unspecified atom stereocenters. The molecule has 1 atom stereocenters. The number of carbonyl (C=O) groups excluding carboxylic acids is 1. The lowest BCUT2D eigenvalue weighted by atomic mass is 10.1. The zero-order chi connectivity index (χ0) is 17.6. The van der Waals surface area contributed by atoms with Crippen LogP contribution in [0.25, 0.3) is 11.4 Å². The van der Waals surface area contributed by atoms with Crippen LogP contribution in [0.3, 0.4) is 0 Å². The van der Waals surface area contributed by atoms with Gasteiger partial charge in [0.25, 0.3) is 0 Å². The molecule has 0 fully saturated rings. The molecule has 3 rings (SSSR count). The third-order valence-electron chi connectivity index (χ3n) is 3.83. The number of carbonyl (C=O) groups is 1. The van der Waals surface area contributed by atoms with Gasteiger partial charge in [-0.1, -0.05) is 59.2 Å². The van der Waals surface area contributed by atoms with Crippen molar-refractivity contribution in [3.8, 4) is 11.4 Å². The molecule has 0 aliphatic heterocycles. The number of nitrogens with zero attached hydrogens (tertiary/aromatic N) is 2. The Kier molecular flexibility index (Phi) is 5.46. The minimum Gasteiger partial charge on any atom is -0.350 e. The fraction of sp³-hybridized carbons (Fsp3) is 0.211. The van der Waals surface area contributed by atoms with Crippen molar-refractivity contribution in [1.29, 1.82) is 0 Å². The van der Waals surface area contributed by atoms with E-state index in [1.54, 1.807) is 6.07 Å². The molecule has 0 spiro atoms. The number of hydrogen-bond acceptors (Lipinski definition) is 4. The van der Waals surface area contributed by atoms with Gasteiger partial charge in [-0.05, 0) is 24.6 Å². The Bertz CT molecular complexity index is 849. The van der Waals surface area contributed by atoms with Gasteiger partial charge >= 0.3 is 0 Å². The molecule has 128 valence electrons. The largest absolute Gasteiger partial charge is 0.350 e. The smallest absolute Gasteiger partial charge is 0.227 e. The summed E-state index contributed by atoms with van der Waals surface area (Å²) < 4.78 is 5.21. The molecule has 0 aliphatic carbocycles. The van der Waals surface area contributed by atoms with E-state index in [1.165, 1.54) is 0 Å². The summed E-state index contributed by atoms with van der Waals surface area (Å²) >= 11 is 6.13. The van der Waals surface area contributed by atoms with Crippen molar-refractivity contribution < 1.29 is 9.32 Å². The zero-order valence-corrected chi connectivity index (χ0v) is 14.5. The predicted octanol–water partition coefficient (Wildman–Crippen LogP) is 4.20. The number of aryl methyl sites for hydroxylation is 1. The van der Waals surface area contributed by atoms with E-state index in [2.05, 4.69) is 15.5 Å². The number of halogens is 1. The summed E-state index contributed by atoms with van der Waals surface area (Å²) in [6, 6.07) is 17.1. The molecule has 1 amide bonds. The van der Waals surface area contributed by atoms with Crippen LogP contribution in [0, 0.1) is 0 Å². The summed E-state index contributed by atoms with van der Waals surface area (Å²) in [5.41, 5.74) is 1.77. The Labute approximate surface area is 151 Å². The first-order valence-corrected chi connectivity index (χ1v) is 8.43. The van der Waals surface area contributed by atoms with Crippen LogP contribution in [0.1, 0.15) is 30.8 Å². The van der Waals surface area contributed by atoms with Crippen LogP contribution in [-0.2, 0) is 11.2 Å². The van der Waals surface area contributed by atoms with Crippen LogP contribution < -0.4 is 5.32 Å². The first kappa shape index (κ1) is 17.2. The monoisotopic (exact) mass is 355 g/mol. The molecule has 1 N–H and O–H groups in total. The molecule has 1 heterocycles. The summed E-state index contributed by atoms with van der Waals surface area (Å²) in [5, 5.41) is 7.46. The maximum Gasteiger partial charge on any atom is 0.227 e. The summed E-state index contributed by atoms with van der Waals surface area (Å²) in [7, 11) is 0. The van der Waals surface area contributed by atoms with Gasteiger partial charge in [-0.25, -0.2) is 0 Å². The molecule has 0 aliphatic rings. The van der Waals surface area contributed by atoms with Crippen molar-refractivity contribution in [2.24, 2.45) is 0 Å². The minimum absolute atomic E-state index is 0.0462. The van der Waals surface area contributed by atoms with Gasteiger partial charge < -0.3 is 9.84 Å². The second-order valence-electron chi connectivity index (χ2n) is 5.69. The number of nitrogens with one attached hydrogen (secondary N) is 1. The Hall–Kier alpha value is -2.66. The molecule has 0 bridgehead atoms. The van der Waals surface area contributed by atoms with Crippen LogP contribution in [0.4, 0.5) is 0 Å². The van der Waals surface area contributed by atoms with Crippen molar-refractivity contribution in [1.82, 2.24) is 15.5 Å². The molecule has 0 saturated carbocycles. The average molecular weight is 356 g/mol. The second kappa shape index (κ2) is 7.94. The molecular weight excluding hydrogens is 338 g/mol. The van der Waals surface area contributed by atoms with E-state index in [9.17, 15) is 4.79 Å². The predicted molar refractivity (Wildman–Crippen MR) is 96.1 cm³/mol. The first-order chi connectivity index (χ1) is 12.1. The van der Waals surface area contributed by atoms with E-state index < -0.39 is 0 Å². The molecule has 0 saturated heterocycles. The van der Waals surface area contributed by atoms with E-state index in [4.69, 9.17) is 16.1 Å². The van der Waals surface area contributed by atoms with Crippen LogP contribution in [-0.4, -0.2) is 16.0 Å². The second-order valence-corrected chi connectivity index (χ2v) is 6.10. The fourth-order valence-electron chi connectivity index (χ4n) is 2.47. The first-order valence-electron chi connectivity index (χ1n) is 8.05. The minimum atomic E-state index is -0.0613. The van der Waals surface area contributed by atoms with Gasteiger partial charge in [0.15, 0.2) is 0 Å². The fourth-order valence-corrected chi connectivity index (χ4v) is 2.69. The molecule has 0 radical (unpaired) electrons. The molecule has 3 aromatic rings. The highest BCUT2D eigenvalue weighted by Gasteiger charge is 2.14. The van der Waals surface area contributed by atoms with Crippen LogP contribution in [0.5, 0.6) is 0 Å². The van der Waals surface area contributed by atoms with E-state index in [1.807, 2.05) is 55.5 Å². The Morgan fingerprint density at radius 3 is 2.64 bits per heavy atom. The number of hydrogen-bond donors (Lipinski definition) is 1. The summed E-state index contributed by atoms with van der Waals surface area (Å²) in [6.45, 7) is 1.95. The van der Waals surface area contributed by atoms with E-state index in [-0.39, 0.29) is 18.4 Å². The van der Waals surface area contributed by atoms with E-state index in [0.717, 1.165) is 5.56 Å². The van der Waals surface area contributed by atoms with Crippen molar-refractivity contribution in [3.63, 3.8) is 0 Å². The van der Waals surface area contributed by atoms with Crippen LogP contribution in [0.15, 0.2) is 59.1 Å². The van der Waals surface area contributed by atoms with Crippen molar-refractivity contribution in [2.45, 2.75) is 25.8 Å². The highest BCUT2D eigenvalue weighted by molar-refractivity contribution is 6.33. The van der Waals surface area contributed by atoms with Crippen LogP contribution in [0.2, 0.25) is 5.02 Å². The quantitative estimate of drug-likeness (QED) is 0.719. The SMILES string of the molecule is C[C@@H](NC(=O)CCc1nc(-c2ccccc2Cl)no1)c1ccccc1. The van der Waals surface area contributed by atoms with E-state index >= 15 is 0 Å². The number of aromatic nitrogens is 2. The van der Waals surface area contributed by atoms with Crippen molar-refractivity contribution in [2.75, 3.05) is 0 Å². The summed E-state index contributed by atoms with van der Waals surface area (Å²) in [6.07, 6.45) is 0.659. The number of benzene rings is 2. The van der Waals surface area contributed by atoms with Crippen molar-refractivity contribution in [3.05, 3.63) is 71.1 Å². The van der Waals surface area contributed by atoms with Gasteiger partial charge in [-0.15, -0.1) is 0 Å². The van der Waals surface area contributed by atoms with Gasteiger partial charge in [-0.2, -0.15) is 4.98 Å². The normalized spacial score (nSPS) is 11.9. The van der Waals surface area contributed by atoms with Gasteiger partial charge in [0, 0.05) is 18.4 Å². The lowest BCUT2D eigenvalue weighted by molar-refractivity contribution is -0.121. The lowest BCUT2D eigenvalue weighted by Gasteiger charge is -2.13. The standard InChI is InChI=1S/C19H18ClN3O2/c1-13(14-7-3-2-4-8-14)21-17(24)11-12-18-22-19(23-25-18)15-9-5-6-10-16(15)20/h2-10,13H,11-12H2,1H3,(H,21,24)/t13-/m1/s1. The maximum absolute atomic E-state index is 12.1. The average Bonchev–Trinajstić information content (AvgIpc) is 3.10. The van der Waals surface area contributed by atoms with Crippen molar-refractivity contribution >= 4 is 17.5 Å². The van der Waals surface area contributed by atoms with Crippen LogP contribution >= 0.6 is 11.6 Å². The molecule has 25 heavy (non-hydrogen) atoms. The maximum atomic E-state index is 12.1. The zero-order valence-electron chi connectivity index (χ0n) is 13.8. The van der Waals surface area contributed by atoms with Gasteiger partial charge in [-0.3, -0.25) is 4.79 Å². The number of rotatable bonds is 6. The molecular formula is C19H18ClN3O2. The highest BCUT2D eigenvalue weighted by Crippen LogP contribution is 2.25. The third kappa shape index (κ3) is 4.45. The summed E-state index contributed by atoms with van der Waals surface area (Å²) in [5.74, 6) is 0.782. The topological polar surface area (TPSA) is 68.0 Å². The lowest BCUT2D eigenvalue weighted by Crippen LogP contribution is -2.26. The Morgan fingerprint density at radius 1 is 1.16 bits per heavy atom. The van der Waals surface area contributed by atoms with Gasteiger partial charge in [0.05, 0.1) is 11.1 Å². The van der Waals surface area contributed by atoms with Gasteiger partial charge in [0.1, 0.15) is 0 Å². The Balaban J connectivity index is 1.55. The molecule has 6 heteroatoms. The summed E-state index contributed by atoms with van der Waals surface area (Å²) in [4.78, 5) is 16.4. The Morgan fingerprint density at radius 2 is 1.88 bits per heavy atom. The molecule has 1 aromatic heterocycles.